The number of aromatic nitrogens is 3. The summed E-state index contributed by atoms with van der Waals surface area (Å²) in [7, 11) is 0. The summed E-state index contributed by atoms with van der Waals surface area (Å²) in [5, 5.41) is 4.12. The highest BCUT2D eigenvalue weighted by Crippen LogP contribution is 2.07. The fourth-order valence-corrected chi connectivity index (χ4v) is 1.32. The molecule has 0 spiro atoms. The van der Waals surface area contributed by atoms with Crippen LogP contribution in [0.25, 0.3) is 0 Å². The number of aryl methyl sites for hydroxylation is 1. The van der Waals surface area contributed by atoms with Crippen LogP contribution in [0.3, 0.4) is 0 Å². The lowest BCUT2D eigenvalue weighted by molar-refractivity contribution is 0.686. The third kappa shape index (κ3) is 1.74. The van der Waals surface area contributed by atoms with Crippen LogP contribution >= 0.6 is 0 Å². The van der Waals surface area contributed by atoms with E-state index in [4.69, 9.17) is 5.73 Å². The summed E-state index contributed by atoms with van der Waals surface area (Å²) in [6.07, 6.45) is 5.51. The minimum absolute atomic E-state index is 0.553. The van der Waals surface area contributed by atoms with E-state index in [0.29, 0.717) is 5.82 Å². The first kappa shape index (κ1) is 8.74. The molecular formula is C10H12N4. The van der Waals surface area contributed by atoms with Gasteiger partial charge >= 0.3 is 0 Å². The second-order valence-corrected chi connectivity index (χ2v) is 3.24. The van der Waals surface area contributed by atoms with Crippen molar-refractivity contribution in [3.05, 3.63) is 41.9 Å². The van der Waals surface area contributed by atoms with E-state index in [9.17, 15) is 0 Å². The first-order valence-electron chi connectivity index (χ1n) is 4.44. The molecular weight excluding hydrogens is 176 g/mol. The Labute approximate surface area is 82.4 Å². The summed E-state index contributed by atoms with van der Waals surface area (Å²) >= 11 is 0. The Morgan fingerprint density at radius 1 is 1.43 bits per heavy atom. The fraction of sp³-hybridized carbons (Fsp3) is 0.200. The zero-order valence-electron chi connectivity index (χ0n) is 8.01. The van der Waals surface area contributed by atoms with Gasteiger partial charge in [0, 0.05) is 18.6 Å². The maximum atomic E-state index is 5.53. The highest BCUT2D eigenvalue weighted by Gasteiger charge is 1.99. The average Bonchev–Trinajstić information content (AvgIpc) is 2.56. The smallest absolute Gasteiger partial charge is 0.145 e. The van der Waals surface area contributed by atoms with Gasteiger partial charge in [-0.25, -0.2) is 0 Å². The topological polar surface area (TPSA) is 56.7 Å². The second-order valence-electron chi connectivity index (χ2n) is 3.24. The average molecular weight is 188 g/mol. The molecule has 2 heterocycles. The summed E-state index contributed by atoms with van der Waals surface area (Å²) in [5.41, 5.74) is 7.91. The Morgan fingerprint density at radius 2 is 2.29 bits per heavy atom. The van der Waals surface area contributed by atoms with Crippen LogP contribution in [0.2, 0.25) is 0 Å². The summed E-state index contributed by atoms with van der Waals surface area (Å²) in [5.74, 6) is 0.553. The van der Waals surface area contributed by atoms with E-state index < -0.39 is 0 Å². The van der Waals surface area contributed by atoms with Crippen molar-refractivity contribution in [3.63, 3.8) is 0 Å². The quantitative estimate of drug-likeness (QED) is 0.770. The zero-order valence-corrected chi connectivity index (χ0v) is 8.01. The van der Waals surface area contributed by atoms with Crippen LogP contribution in [-0.4, -0.2) is 14.8 Å². The van der Waals surface area contributed by atoms with Gasteiger partial charge in [0.25, 0.3) is 0 Å². The van der Waals surface area contributed by atoms with Crippen molar-refractivity contribution in [3.8, 4) is 0 Å². The molecule has 0 aliphatic rings. The van der Waals surface area contributed by atoms with E-state index in [1.807, 2.05) is 30.1 Å². The van der Waals surface area contributed by atoms with Crippen molar-refractivity contribution in [2.75, 3.05) is 5.73 Å². The van der Waals surface area contributed by atoms with Crippen molar-refractivity contribution >= 4 is 5.82 Å². The normalized spacial score (nSPS) is 10.4. The van der Waals surface area contributed by atoms with Gasteiger partial charge in [-0.2, -0.15) is 5.10 Å². The Balaban J connectivity index is 2.23. The van der Waals surface area contributed by atoms with Crippen LogP contribution in [0.5, 0.6) is 0 Å². The van der Waals surface area contributed by atoms with Crippen LogP contribution in [0.4, 0.5) is 5.82 Å². The van der Waals surface area contributed by atoms with Gasteiger partial charge in [0.15, 0.2) is 0 Å². The van der Waals surface area contributed by atoms with E-state index in [2.05, 4.69) is 10.1 Å². The number of rotatable bonds is 2. The maximum absolute atomic E-state index is 5.53. The predicted molar refractivity (Wildman–Crippen MR) is 54.7 cm³/mol. The molecule has 2 N–H and O–H groups in total. The Hall–Kier alpha value is -1.84. The van der Waals surface area contributed by atoms with Gasteiger partial charge < -0.3 is 5.73 Å². The SMILES string of the molecule is Cc1cnccc1Cn1ccc(N)n1. The number of nitrogens with two attached hydrogens (primary N) is 1. The van der Waals surface area contributed by atoms with Crippen molar-refractivity contribution in [2.24, 2.45) is 0 Å². The van der Waals surface area contributed by atoms with Gasteiger partial charge in [0.2, 0.25) is 0 Å². The minimum atomic E-state index is 0.553. The summed E-state index contributed by atoms with van der Waals surface area (Å²) in [4.78, 5) is 4.04. The van der Waals surface area contributed by atoms with E-state index in [1.165, 1.54) is 11.1 Å². The molecule has 72 valence electrons. The highest BCUT2D eigenvalue weighted by molar-refractivity contribution is 5.26. The minimum Gasteiger partial charge on any atom is -0.382 e. The Morgan fingerprint density at radius 3 is 2.93 bits per heavy atom. The summed E-state index contributed by atoms with van der Waals surface area (Å²) in [6, 6.07) is 3.78. The van der Waals surface area contributed by atoms with Crippen molar-refractivity contribution in [1.82, 2.24) is 14.8 Å². The lowest BCUT2D eigenvalue weighted by Gasteiger charge is -2.04. The standard InChI is InChI=1S/C10H12N4/c1-8-6-12-4-2-9(8)7-14-5-3-10(11)13-14/h2-6H,7H2,1H3,(H2,11,13). The number of hydrogen-bond acceptors (Lipinski definition) is 3. The van der Waals surface area contributed by atoms with Crippen molar-refractivity contribution in [1.29, 1.82) is 0 Å². The molecule has 0 aromatic carbocycles. The lowest BCUT2D eigenvalue weighted by Crippen LogP contribution is -2.02. The molecule has 14 heavy (non-hydrogen) atoms. The number of nitrogen functional groups attached to an aromatic ring is 1. The largest absolute Gasteiger partial charge is 0.382 e. The second kappa shape index (κ2) is 3.49. The van der Waals surface area contributed by atoms with E-state index >= 15 is 0 Å². The Bertz CT molecular complexity index is 433. The summed E-state index contributed by atoms with van der Waals surface area (Å²) < 4.78 is 1.82. The lowest BCUT2D eigenvalue weighted by atomic mass is 10.2. The van der Waals surface area contributed by atoms with Gasteiger partial charge in [-0.3, -0.25) is 9.67 Å². The first-order valence-corrected chi connectivity index (χ1v) is 4.44. The monoisotopic (exact) mass is 188 g/mol. The highest BCUT2D eigenvalue weighted by atomic mass is 15.3. The van der Waals surface area contributed by atoms with Crippen LogP contribution in [0, 0.1) is 6.92 Å². The van der Waals surface area contributed by atoms with Crippen LogP contribution < -0.4 is 5.73 Å². The Kier molecular flexibility index (Phi) is 2.18. The molecule has 0 saturated heterocycles. The van der Waals surface area contributed by atoms with E-state index in [0.717, 1.165) is 6.54 Å². The van der Waals surface area contributed by atoms with Gasteiger partial charge in [-0.05, 0) is 30.2 Å². The molecule has 0 saturated carbocycles. The fourth-order valence-electron chi connectivity index (χ4n) is 1.32. The number of anilines is 1. The molecule has 0 bridgehead atoms. The maximum Gasteiger partial charge on any atom is 0.145 e. The molecule has 2 aromatic heterocycles. The van der Waals surface area contributed by atoms with Gasteiger partial charge in [0.1, 0.15) is 5.82 Å². The van der Waals surface area contributed by atoms with Crippen LogP contribution in [-0.2, 0) is 6.54 Å². The molecule has 2 aromatic rings. The van der Waals surface area contributed by atoms with Gasteiger partial charge in [-0.1, -0.05) is 0 Å². The molecule has 4 nitrogen and oxygen atoms in total. The molecule has 0 unspecified atom stereocenters. The van der Waals surface area contributed by atoms with Gasteiger partial charge in [0.05, 0.1) is 6.54 Å². The third-order valence-electron chi connectivity index (χ3n) is 2.13. The number of hydrogen-bond donors (Lipinski definition) is 1. The van der Waals surface area contributed by atoms with E-state index in [1.54, 1.807) is 12.3 Å². The molecule has 0 amide bonds. The molecule has 0 aliphatic heterocycles. The van der Waals surface area contributed by atoms with Crippen LogP contribution in [0.15, 0.2) is 30.7 Å². The van der Waals surface area contributed by atoms with Gasteiger partial charge in [-0.15, -0.1) is 0 Å². The first-order chi connectivity index (χ1) is 6.75. The number of pyridine rings is 1. The predicted octanol–water partition coefficient (Wildman–Crippen LogP) is 1.22. The van der Waals surface area contributed by atoms with Crippen LogP contribution in [0.1, 0.15) is 11.1 Å². The third-order valence-corrected chi connectivity index (χ3v) is 2.13. The summed E-state index contributed by atoms with van der Waals surface area (Å²) in [6.45, 7) is 2.78. The van der Waals surface area contributed by atoms with Crippen molar-refractivity contribution < 1.29 is 0 Å². The molecule has 0 aliphatic carbocycles. The molecule has 0 fully saturated rings. The zero-order chi connectivity index (χ0) is 9.97. The number of nitrogens with zero attached hydrogens (tertiary/aromatic N) is 3. The molecule has 0 radical (unpaired) electrons. The van der Waals surface area contributed by atoms with E-state index in [-0.39, 0.29) is 0 Å². The van der Waals surface area contributed by atoms with Crippen molar-refractivity contribution in [2.45, 2.75) is 13.5 Å². The molecule has 2 rings (SSSR count). The molecule has 4 heteroatoms. The molecule has 0 atom stereocenters.